The molecule has 324 valence electrons. The highest BCUT2D eigenvalue weighted by molar-refractivity contribution is 9.10. The fourth-order valence-corrected chi connectivity index (χ4v) is 7.60. The SMILES string of the molecule is CC(C)OC(=O)c1cc(-c2nn(C)c(C(F)(F)F)c2Br)c(F)cc1Cl.COc1nc(C)nc(NC(=O)NS(=O)(=O)c2ccsc2C(=O)O)n1.O=C(O)CNCP(=O)(O)O. The number of nitrogens with one attached hydrogen (secondary N) is 3. The summed E-state index contributed by atoms with van der Waals surface area (Å²) in [5, 5.41) is 25.9. The lowest BCUT2D eigenvalue weighted by Gasteiger charge is -2.11. The predicted octanol–water partition coefficient (Wildman–Crippen LogP) is 4.48. The molecule has 4 aromatic rings. The molecule has 0 atom stereocenters. The van der Waals surface area contributed by atoms with Gasteiger partial charge < -0.3 is 29.5 Å². The van der Waals surface area contributed by atoms with E-state index in [1.54, 1.807) is 18.6 Å². The van der Waals surface area contributed by atoms with Gasteiger partial charge in [0, 0.05) is 12.6 Å². The van der Waals surface area contributed by atoms with Gasteiger partial charge in [-0.2, -0.15) is 33.2 Å². The summed E-state index contributed by atoms with van der Waals surface area (Å²) >= 11 is 9.39. The number of hydrogen-bond acceptors (Lipinski definition) is 15. The molecule has 0 aliphatic rings. The predicted molar refractivity (Wildman–Crippen MR) is 201 cm³/mol. The van der Waals surface area contributed by atoms with E-state index in [2.05, 4.69) is 46.6 Å². The smallest absolute Gasteiger partial charge is 0.434 e. The molecule has 4 rings (SSSR count). The number of carboxylic acids is 2. The minimum Gasteiger partial charge on any atom is -0.480 e. The van der Waals surface area contributed by atoms with Gasteiger partial charge in [0.15, 0.2) is 5.69 Å². The molecule has 7 N–H and O–H groups in total. The van der Waals surface area contributed by atoms with E-state index >= 15 is 0 Å². The maximum atomic E-state index is 14.3. The Morgan fingerprint density at radius 3 is 2.25 bits per heavy atom. The first-order valence-corrected chi connectivity index (χ1v) is 20.8. The van der Waals surface area contributed by atoms with Crippen LogP contribution in [0.2, 0.25) is 5.02 Å². The Kier molecular flexibility index (Phi) is 17.8. The lowest BCUT2D eigenvalue weighted by atomic mass is 10.1. The average Bonchev–Trinajstić information content (AvgIpc) is 3.69. The second-order valence-electron chi connectivity index (χ2n) is 11.2. The average molecular weight is 986 g/mol. The first kappa shape index (κ1) is 50.3. The van der Waals surface area contributed by atoms with E-state index in [1.165, 1.54) is 19.4 Å². The molecule has 0 bridgehead atoms. The van der Waals surface area contributed by atoms with Gasteiger partial charge in [-0.3, -0.25) is 24.7 Å². The van der Waals surface area contributed by atoms with Crippen molar-refractivity contribution in [3.8, 4) is 17.3 Å². The van der Waals surface area contributed by atoms with Gasteiger partial charge in [-0.25, -0.2) is 31.9 Å². The number of aliphatic carboxylic acids is 1. The maximum absolute atomic E-state index is 14.3. The van der Waals surface area contributed by atoms with Crippen molar-refractivity contribution in [3.63, 3.8) is 0 Å². The monoisotopic (exact) mass is 984 g/mol. The number of carboxylic acid groups (broad SMARTS) is 2. The number of rotatable bonds is 12. The van der Waals surface area contributed by atoms with Crippen LogP contribution >= 0.6 is 46.5 Å². The second kappa shape index (κ2) is 20.9. The number of nitrogens with zero attached hydrogens (tertiary/aromatic N) is 5. The molecule has 0 unspecified atom stereocenters. The number of sulfonamides is 1. The number of carbonyl (C=O) groups is 4. The number of anilines is 1. The first-order chi connectivity index (χ1) is 27.1. The zero-order valence-corrected chi connectivity index (χ0v) is 35.4. The van der Waals surface area contributed by atoms with Gasteiger partial charge >= 0.3 is 43.7 Å². The lowest BCUT2D eigenvalue weighted by Crippen LogP contribution is -2.35. The molecule has 0 radical (unpaired) electrons. The molecule has 2 amide bonds. The Hall–Kier alpha value is -4.83. The Morgan fingerprint density at radius 2 is 1.75 bits per heavy atom. The van der Waals surface area contributed by atoms with Gasteiger partial charge in [-0.15, -0.1) is 11.3 Å². The zero-order valence-electron chi connectivity index (χ0n) is 30.5. The standard InChI is InChI=1S/C15H12BrClF4N2O2.C11H11N5O6S2.C3H8NO5P/c1-6(2)25-14(24)7-4-8(10(18)5-9(7)17)12-11(16)13(15(19,20)21)23(3)22-12;1-5-12-9(15-11(13-5)22-2)14-10(19)16-24(20,21)6-3-4-23-7(6)8(17)18;5-3(6)1-4-2-10(7,8)9/h4-6H,1-3H3;3-4H,1-2H3,(H,17,18)(H2,12,13,14,15,16,19);4H,1-2H2,(H,5,6)(H2,7,8,9). The van der Waals surface area contributed by atoms with Crippen LogP contribution in [0.4, 0.5) is 28.3 Å². The number of ether oxygens (including phenoxy) is 2. The van der Waals surface area contributed by atoms with Gasteiger partial charge in [0.2, 0.25) is 5.95 Å². The summed E-state index contributed by atoms with van der Waals surface area (Å²) in [7, 11) is -6.07. The number of aromatic nitrogens is 5. The van der Waals surface area contributed by atoms with Crippen LogP contribution in [0.15, 0.2) is 32.9 Å². The maximum Gasteiger partial charge on any atom is 0.434 e. The second-order valence-corrected chi connectivity index (χ2v) is 16.6. The van der Waals surface area contributed by atoms with Crippen LogP contribution in [0, 0.1) is 12.7 Å². The molecule has 3 heterocycles. The van der Waals surface area contributed by atoms with Crippen LogP contribution < -0.4 is 20.1 Å². The third-order valence-electron chi connectivity index (χ3n) is 6.20. The summed E-state index contributed by atoms with van der Waals surface area (Å²) in [6, 6.07) is 1.72. The fraction of sp³-hybridized carbons (Fsp3) is 0.310. The molecule has 1 aromatic carbocycles. The topological polar surface area (TPSA) is 311 Å². The van der Waals surface area contributed by atoms with Crippen LogP contribution in [0.25, 0.3) is 11.3 Å². The van der Waals surface area contributed by atoms with Gasteiger partial charge in [-0.05, 0) is 60.3 Å². The van der Waals surface area contributed by atoms with E-state index in [4.69, 9.17) is 41.1 Å². The van der Waals surface area contributed by atoms with E-state index in [0.717, 1.165) is 36.6 Å². The summed E-state index contributed by atoms with van der Waals surface area (Å²) < 4.78 is 99.4. The number of methoxy groups -OCH3 is 1. The molecule has 0 spiro atoms. The largest absolute Gasteiger partial charge is 0.480 e. The number of thiophene rings is 1. The Bertz CT molecular complexity index is 2360. The summed E-state index contributed by atoms with van der Waals surface area (Å²) in [6.07, 6.45) is -5.74. The highest BCUT2D eigenvalue weighted by Gasteiger charge is 2.39. The molecule has 0 aliphatic heterocycles. The summed E-state index contributed by atoms with van der Waals surface area (Å²) in [4.78, 5) is 71.4. The summed E-state index contributed by atoms with van der Waals surface area (Å²) in [5.41, 5.74) is -1.86. The highest BCUT2D eigenvalue weighted by atomic mass is 79.9. The fourth-order valence-electron chi connectivity index (χ4n) is 4.02. The molecule has 0 saturated heterocycles. The highest BCUT2D eigenvalue weighted by Crippen LogP contribution is 2.41. The van der Waals surface area contributed by atoms with E-state index in [1.807, 2.05) is 0 Å². The third kappa shape index (κ3) is 15.4. The molecule has 0 fully saturated rings. The van der Waals surface area contributed by atoms with Crippen molar-refractivity contribution >= 4 is 86.4 Å². The molecular formula is C29H31BrClF4N8O13PS2. The van der Waals surface area contributed by atoms with Crippen LogP contribution in [0.1, 0.15) is 45.4 Å². The zero-order chi connectivity index (χ0) is 45.2. The van der Waals surface area contributed by atoms with Gasteiger partial charge in [-0.1, -0.05) is 11.6 Å². The summed E-state index contributed by atoms with van der Waals surface area (Å²) in [6.45, 7) is 4.31. The Morgan fingerprint density at radius 1 is 1.12 bits per heavy atom. The Balaban J connectivity index is 0.000000333. The van der Waals surface area contributed by atoms with Crippen LogP contribution in [-0.2, 0) is 37.3 Å². The minimum absolute atomic E-state index is 0.0633. The van der Waals surface area contributed by atoms with Crippen molar-refractivity contribution in [1.29, 1.82) is 0 Å². The number of esters is 1. The third-order valence-corrected chi connectivity index (χ3v) is 10.3. The van der Waals surface area contributed by atoms with E-state index in [-0.39, 0.29) is 39.6 Å². The molecular weight excluding hydrogens is 955 g/mol. The van der Waals surface area contributed by atoms with Crippen molar-refractivity contribution in [1.82, 2.24) is 34.8 Å². The molecule has 21 nitrogen and oxygen atoms in total. The minimum atomic E-state index is -4.69. The van der Waals surface area contributed by atoms with E-state index in [0.29, 0.717) is 4.68 Å². The number of amides is 2. The molecule has 0 saturated carbocycles. The first-order valence-electron chi connectivity index (χ1n) is 15.5. The molecule has 0 aliphatic carbocycles. The number of aromatic carboxylic acids is 1. The number of carbonyl (C=O) groups excluding carboxylic acids is 2. The van der Waals surface area contributed by atoms with Crippen molar-refractivity contribution < 1.29 is 79.2 Å². The number of urea groups is 1. The van der Waals surface area contributed by atoms with Crippen LogP contribution in [-0.4, -0.2) is 103 Å². The van der Waals surface area contributed by atoms with Crippen LogP contribution in [0.3, 0.4) is 0 Å². The van der Waals surface area contributed by atoms with Gasteiger partial charge in [0.05, 0.1) is 41.1 Å². The normalized spacial score (nSPS) is 11.4. The van der Waals surface area contributed by atoms with E-state index in [9.17, 15) is 49.7 Å². The van der Waals surface area contributed by atoms with Crippen LogP contribution in [0.5, 0.6) is 6.01 Å². The van der Waals surface area contributed by atoms with Crippen molar-refractivity contribution in [3.05, 3.63) is 60.9 Å². The van der Waals surface area contributed by atoms with Crippen molar-refractivity contribution in [2.24, 2.45) is 7.05 Å². The van der Waals surface area contributed by atoms with E-state index < -0.39 is 92.4 Å². The molecule has 59 heavy (non-hydrogen) atoms. The van der Waals surface area contributed by atoms with Crippen molar-refractivity contribution in [2.45, 2.75) is 37.9 Å². The molecule has 3 aromatic heterocycles. The quantitative estimate of drug-likeness (QED) is 0.0584. The lowest BCUT2D eigenvalue weighted by molar-refractivity contribution is -0.144. The number of alkyl halides is 3. The van der Waals surface area contributed by atoms with Gasteiger partial charge in [0.25, 0.3) is 10.0 Å². The number of halogens is 6. The number of benzene rings is 1. The number of aryl methyl sites for hydroxylation is 2. The molecule has 30 heteroatoms. The Labute approximate surface area is 347 Å². The summed E-state index contributed by atoms with van der Waals surface area (Å²) in [5.74, 6) is -4.28. The van der Waals surface area contributed by atoms with Gasteiger partial charge in [0.1, 0.15) is 27.1 Å². The van der Waals surface area contributed by atoms with Crippen molar-refractivity contribution in [2.75, 3.05) is 25.3 Å². The number of hydrogen-bond donors (Lipinski definition) is 7.